The zero-order valence-electron chi connectivity index (χ0n) is 20.5. The van der Waals surface area contributed by atoms with Gasteiger partial charge in [0.2, 0.25) is 0 Å². The van der Waals surface area contributed by atoms with E-state index < -0.39 is 0 Å². The highest BCUT2D eigenvalue weighted by atomic mass is 32.1. The Morgan fingerprint density at radius 3 is 2.70 bits per heavy atom. The first-order chi connectivity index (χ1) is 18.1. The SMILES string of the molecule is COC(=O)c1cccc(-c2ccc(C3C(c4ccccn4)NC(=S)N3CCCNc3ccccc3)o2)c1. The molecule has 1 aliphatic heterocycles. The van der Waals surface area contributed by atoms with Gasteiger partial charge in [-0.1, -0.05) is 36.4 Å². The fraction of sp³-hybridized carbons (Fsp3) is 0.207. The van der Waals surface area contributed by atoms with Crippen molar-refractivity contribution in [1.82, 2.24) is 15.2 Å². The van der Waals surface area contributed by atoms with Crippen molar-refractivity contribution in [3.8, 4) is 11.3 Å². The molecule has 0 amide bonds. The van der Waals surface area contributed by atoms with Crippen molar-refractivity contribution in [2.24, 2.45) is 0 Å². The minimum Gasteiger partial charge on any atom is -0.465 e. The van der Waals surface area contributed by atoms with Gasteiger partial charge in [0.05, 0.1) is 24.4 Å². The Bertz CT molecular complexity index is 1360. The number of hydrogen-bond acceptors (Lipinski definition) is 6. The molecule has 8 heteroatoms. The molecule has 5 rings (SSSR count). The van der Waals surface area contributed by atoms with Gasteiger partial charge in [-0.25, -0.2) is 4.79 Å². The van der Waals surface area contributed by atoms with Gasteiger partial charge in [0.25, 0.3) is 0 Å². The molecule has 0 spiro atoms. The second-order valence-electron chi connectivity index (χ2n) is 8.74. The normalized spacial score (nSPS) is 16.9. The van der Waals surface area contributed by atoms with Crippen molar-refractivity contribution in [2.75, 3.05) is 25.5 Å². The molecule has 0 aliphatic carbocycles. The fourth-order valence-corrected chi connectivity index (χ4v) is 4.91. The van der Waals surface area contributed by atoms with Crippen molar-refractivity contribution < 1.29 is 13.9 Å². The van der Waals surface area contributed by atoms with Crippen LogP contribution >= 0.6 is 12.2 Å². The maximum absolute atomic E-state index is 12.0. The van der Waals surface area contributed by atoms with Gasteiger partial charge in [-0.15, -0.1) is 0 Å². The monoisotopic (exact) mass is 512 g/mol. The number of thiocarbonyl (C=S) groups is 1. The van der Waals surface area contributed by atoms with E-state index in [1.54, 1.807) is 18.3 Å². The number of pyridine rings is 1. The molecule has 0 radical (unpaired) electrons. The van der Waals surface area contributed by atoms with E-state index in [0.717, 1.165) is 42.2 Å². The zero-order chi connectivity index (χ0) is 25.6. The molecule has 188 valence electrons. The number of nitrogens with zero attached hydrogens (tertiary/aromatic N) is 2. The van der Waals surface area contributed by atoms with Crippen LogP contribution in [0.3, 0.4) is 0 Å². The molecule has 2 N–H and O–H groups in total. The number of benzene rings is 2. The molecule has 1 saturated heterocycles. The van der Waals surface area contributed by atoms with Gasteiger partial charge in [0.15, 0.2) is 5.11 Å². The summed E-state index contributed by atoms with van der Waals surface area (Å²) in [5.41, 5.74) is 3.26. The quantitative estimate of drug-likeness (QED) is 0.170. The van der Waals surface area contributed by atoms with E-state index in [4.69, 9.17) is 21.4 Å². The first-order valence-electron chi connectivity index (χ1n) is 12.2. The highest BCUT2D eigenvalue weighted by molar-refractivity contribution is 7.80. The van der Waals surface area contributed by atoms with Crippen molar-refractivity contribution in [1.29, 1.82) is 0 Å². The van der Waals surface area contributed by atoms with Crippen LogP contribution in [-0.4, -0.2) is 41.2 Å². The number of para-hydroxylation sites is 1. The van der Waals surface area contributed by atoms with Crippen LogP contribution < -0.4 is 10.6 Å². The highest BCUT2D eigenvalue weighted by Crippen LogP contribution is 2.40. The molecule has 0 saturated carbocycles. The Morgan fingerprint density at radius 2 is 1.92 bits per heavy atom. The van der Waals surface area contributed by atoms with E-state index >= 15 is 0 Å². The third-order valence-corrected chi connectivity index (χ3v) is 6.72. The summed E-state index contributed by atoms with van der Waals surface area (Å²) in [6.45, 7) is 1.56. The molecule has 2 atom stereocenters. The Labute approximate surface area is 221 Å². The van der Waals surface area contributed by atoms with Gasteiger partial charge >= 0.3 is 5.97 Å². The van der Waals surface area contributed by atoms with Crippen LogP contribution in [0.2, 0.25) is 0 Å². The minimum absolute atomic E-state index is 0.156. The standard InChI is InChI=1S/C29H28N4O3S/c1-35-28(34)21-10-7-9-20(19-21)24-14-15-25(36-24)27-26(23-13-5-6-16-31-23)32-29(37)33(27)18-8-17-30-22-11-3-2-4-12-22/h2-7,9-16,19,26-27,30H,8,17-18H2,1H3,(H,32,37). The average Bonchev–Trinajstić information content (AvgIpc) is 3.56. The molecule has 2 aromatic carbocycles. The van der Waals surface area contributed by atoms with Gasteiger partial charge in [-0.2, -0.15) is 0 Å². The molecule has 2 aromatic heterocycles. The summed E-state index contributed by atoms with van der Waals surface area (Å²) in [4.78, 5) is 18.8. The summed E-state index contributed by atoms with van der Waals surface area (Å²) in [5.74, 6) is 1.06. The predicted octanol–water partition coefficient (Wildman–Crippen LogP) is 5.60. The van der Waals surface area contributed by atoms with Gasteiger partial charge < -0.3 is 24.7 Å². The first kappa shape index (κ1) is 24.5. The van der Waals surface area contributed by atoms with Crippen LogP contribution in [0.15, 0.2) is 95.5 Å². The van der Waals surface area contributed by atoms with Gasteiger partial charge in [-0.3, -0.25) is 4.98 Å². The van der Waals surface area contributed by atoms with E-state index in [0.29, 0.717) is 16.4 Å². The smallest absolute Gasteiger partial charge is 0.337 e. The Hall–Kier alpha value is -4.17. The number of hydrogen-bond donors (Lipinski definition) is 2. The maximum atomic E-state index is 12.0. The molecule has 3 heterocycles. The number of esters is 1. The number of anilines is 1. The van der Waals surface area contributed by atoms with E-state index in [1.165, 1.54) is 7.11 Å². The van der Waals surface area contributed by atoms with E-state index in [9.17, 15) is 4.79 Å². The Kier molecular flexibility index (Phi) is 7.46. The Balaban J connectivity index is 1.39. The van der Waals surface area contributed by atoms with Crippen LogP contribution in [0.1, 0.15) is 40.3 Å². The molecular weight excluding hydrogens is 484 g/mol. The van der Waals surface area contributed by atoms with Gasteiger partial charge in [0, 0.05) is 30.5 Å². The molecule has 7 nitrogen and oxygen atoms in total. The number of methoxy groups -OCH3 is 1. The number of aromatic nitrogens is 1. The van der Waals surface area contributed by atoms with Crippen LogP contribution in [0.4, 0.5) is 5.69 Å². The van der Waals surface area contributed by atoms with Crippen LogP contribution in [0, 0.1) is 0 Å². The number of carbonyl (C=O) groups excluding carboxylic acids is 1. The summed E-state index contributed by atoms with van der Waals surface area (Å²) in [6, 6.07) is 26.8. The first-order valence-corrected chi connectivity index (χ1v) is 12.6. The van der Waals surface area contributed by atoms with Gasteiger partial charge in [0.1, 0.15) is 17.6 Å². The van der Waals surface area contributed by atoms with Crippen molar-refractivity contribution in [2.45, 2.75) is 18.5 Å². The second kappa shape index (κ2) is 11.3. The molecule has 2 unspecified atom stereocenters. The summed E-state index contributed by atoms with van der Waals surface area (Å²) in [5, 5.41) is 7.60. The van der Waals surface area contributed by atoms with Crippen molar-refractivity contribution in [3.05, 3.63) is 108 Å². The number of furan rings is 1. The zero-order valence-corrected chi connectivity index (χ0v) is 21.3. The highest BCUT2D eigenvalue weighted by Gasteiger charge is 2.41. The predicted molar refractivity (Wildman–Crippen MR) is 147 cm³/mol. The number of rotatable bonds is 9. The number of ether oxygens (including phenoxy) is 1. The molecule has 1 aliphatic rings. The third kappa shape index (κ3) is 5.49. The second-order valence-corrected chi connectivity index (χ2v) is 9.13. The van der Waals surface area contributed by atoms with E-state index in [2.05, 4.69) is 32.7 Å². The lowest BCUT2D eigenvalue weighted by Gasteiger charge is -2.26. The summed E-state index contributed by atoms with van der Waals surface area (Å²) in [7, 11) is 1.37. The van der Waals surface area contributed by atoms with E-state index in [1.807, 2.05) is 60.7 Å². The van der Waals surface area contributed by atoms with Crippen molar-refractivity contribution in [3.63, 3.8) is 0 Å². The number of nitrogens with one attached hydrogen (secondary N) is 2. The molecule has 4 aromatic rings. The molecule has 37 heavy (non-hydrogen) atoms. The average molecular weight is 513 g/mol. The van der Waals surface area contributed by atoms with Crippen LogP contribution in [0.5, 0.6) is 0 Å². The molecule has 1 fully saturated rings. The van der Waals surface area contributed by atoms with E-state index in [-0.39, 0.29) is 18.1 Å². The molecule has 0 bridgehead atoms. The largest absolute Gasteiger partial charge is 0.465 e. The lowest BCUT2D eigenvalue weighted by Crippen LogP contribution is -2.31. The molecular formula is C29H28N4O3S. The number of carbonyl (C=O) groups is 1. The summed E-state index contributed by atoms with van der Waals surface area (Å²) < 4.78 is 11.3. The summed E-state index contributed by atoms with van der Waals surface area (Å²) in [6.07, 6.45) is 2.67. The fourth-order valence-electron chi connectivity index (χ4n) is 4.58. The van der Waals surface area contributed by atoms with Crippen LogP contribution in [-0.2, 0) is 4.74 Å². The third-order valence-electron chi connectivity index (χ3n) is 6.36. The Morgan fingerprint density at radius 1 is 1.08 bits per heavy atom. The van der Waals surface area contributed by atoms with Crippen LogP contribution in [0.25, 0.3) is 11.3 Å². The topological polar surface area (TPSA) is 79.6 Å². The maximum Gasteiger partial charge on any atom is 0.337 e. The summed E-state index contributed by atoms with van der Waals surface area (Å²) >= 11 is 5.77. The lowest BCUT2D eigenvalue weighted by atomic mass is 10.0. The minimum atomic E-state index is -0.385. The lowest BCUT2D eigenvalue weighted by molar-refractivity contribution is 0.0601. The van der Waals surface area contributed by atoms with Crippen molar-refractivity contribution >= 4 is 29.0 Å². The van der Waals surface area contributed by atoms with Gasteiger partial charge in [-0.05, 0) is 67.2 Å².